The van der Waals surface area contributed by atoms with Crippen LogP contribution in [-0.4, -0.2) is 29.2 Å². The fraction of sp³-hybridized carbons (Fsp3) is 0.211. The molecule has 0 atom stereocenters. The Hall–Kier alpha value is -3.06. The molecule has 6 nitrogen and oxygen atoms in total. The lowest BCUT2D eigenvalue weighted by atomic mass is 10.2. The van der Waals surface area contributed by atoms with Gasteiger partial charge in [-0.1, -0.05) is 35.5 Å². The van der Waals surface area contributed by atoms with E-state index in [9.17, 15) is 9.18 Å². The van der Waals surface area contributed by atoms with Gasteiger partial charge in [0, 0.05) is 18.5 Å². The third kappa shape index (κ3) is 5.22. The second-order valence-corrected chi connectivity index (χ2v) is 5.60. The Kier molecular flexibility index (Phi) is 6.05. The highest BCUT2D eigenvalue weighted by molar-refractivity contribution is 5.77. The molecular weight excluding hydrogens is 337 g/mol. The molecule has 1 N–H and O–H groups in total. The summed E-state index contributed by atoms with van der Waals surface area (Å²) in [6.07, 6.45) is 0.401. The van der Waals surface area contributed by atoms with Gasteiger partial charge >= 0.3 is 0 Å². The van der Waals surface area contributed by atoms with Crippen LogP contribution in [0.15, 0.2) is 59.1 Å². The third-order valence-electron chi connectivity index (χ3n) is 3.58. The van der Waals surface area contributed by atoms with Crippen LogP contribution in [0.4, 0.5) is 4.39 Å². The number of ether oxygens (including phenoxy) is 1. The molecule has 1 heterocycles. The number of carbonyl (C=O) groups excluding carboxylic acids is 1. The average Bonchev–Trinajstić information content (AvgIpc) is 3.12. The van der Waals surface area contributed by atoms with E-state index in [1.165, 1.54) is 12.1 Å². The van der Waals surface area contributed by atoms with Crippen molar-refractivity contribution in [2.75, 3.05) is 13.2 Å². The molecule has 2 aromatic carbocycles. The van der Waals surface area contributed by atoms with Crippen LogP contribution in [0.3, 0.4) is 0 Å². The summed E-state index contributed by atoms with van der Waals surface area (Å²) in [7, 11) is 0. The number of hydrogen-bond donors (Lipinski definition) is 1. The highest BCUT2D eigenvalue weighted by Crippen LogP contribution is 2.16. The number of benzene rings is 2. The second kappa shape index (κ2) is 8.87. The van der Waals surface area contributed by atoms with Crippen molar-refractivity contribution in [3.63, 3.8) is 0 Å². The van der Waals surface area contributed by atoms with Crippen molar-refractivity contribution in [3.05, 3.63) is 71.9 Å². The summed E-state index contributed by atoms with van der Waals surface area (Å²) in [5.41, 5.74) is 1.68. The molecule has 0 aliphatic rings. The van der Waals surface area contributed by atoms with Gasteiger partial charge in [0.05, 0.1) is 6.61 Å². The van der Waals surface area contributed by atoms with Crippen molar-refractivity contribution in [1.82, 2.24) is 15.5 Å². The smallest absolute Gasteiger partial charge is 0.246 e. The molecule has 134 valence electrons. The standard InChI is InChI=1S/C19H18FN3O3/c20-16-8-6-15(7-9-16)19-22-18(26-23-19)10-11-21-17(24)13-25-12-14-4-2-1-3-5-14/h1-9H,10-13H2,(H,21,24). The lowest BCUT2D eigenvalue weighted by Gasteiger charge is -2.05. The number of hydrogen-bond acceptors (Lipinski definition) is 5. The van der Waals surface area contributed by atoms with Crippen molar-refractivity contribution in [3.8, 4) is 11.4 Å². The van der Waals surface area contributed by atoms with Crippen LogP contribution in [0, 0.1) is 5.82 Å². The van der Waals surface area contributed by atoms with Gasteiger partial charge in [0.2, 0.25) is 17.6 Å². The topological polar surface area (TPSA) is 77.2 Å². The van der Waals surface area contributed by atoms with Gasteiger partial charge in [0.1, 0.15) is 12.4 Å². The lowest BCUT2D eigenvalue weighted by molar-refractivity contribution is -0.126. The Morgan fingerprint density at radius 2 is 1.88 bits per heavy atom. The monoisotopic (exact) mass is 355 g/mol. The summed E-state index contributed by atoms with van der Waals surface area (Å²) in [5, 5.41) is 6.58. The largest absolute Gasteiger partial charge is 0.367 e. The van der Waals surface area contributed by atoms with Crippen LogP contribution < -0.4 is 5.32 Å². The summed E-state index contributed by atoms with van der Waals surface area (Å²) < 4.78 is 23.4. The first-order valence-electron chi connectivity index (χ1n) is 8.17. The van der Waals surface area contributed by atoms with Gasteiger partial charge in [-0.3, -0.25) is 4.79 Å². The Balaban J connectivity index is 1.38. The van der Waals surface area contributed by atoms with Gasteiger partial charge in [0.25, 0.3) is 0 Å². The maximum atomic E-state index is 12.9. The molecule has 3 rings (SSSR count). The zero-order valence-electron chi connectivity index (χ0n) is 14.0. The molecule has 0 aliphatic carbocycles. The minimum absolute atomic E-state index is 0.0143. The summed E-state index contributed by atoms with van der Waals surface area (Å²) in [5.74, 6) is 0.251. The summed E-state index contributed by atoms with van der Waals surface area (Å²) >= 11 is 0. The molecule has 0 radical (unpaired) electrons. The normalized spacial score (nSPS) is 10.7. The molecule has 0 saturated heterocycles. The first-order valence-corrected chi connectivity index (χ1v) is 8.17. The molecule has 26 heavy (non-hydrogen) atoms. The number of carbonyl (C=O) groups is 1. The Morgan fingerprint density at radius 3 is 2.65 bits per heavy atom. The van der Waals surface area contributed by atoms with Gasteiger partial charge in [0.15, 0.2) is 0 Å². The van der Waals surface area contributed by atoms with Crippen LogP contribution in [-0.2, 0) is 22.6 Å². The van der Waals surface area contributed by atoms with E-state index < -0.39 is 0 Å². The number of aromatic nitrogens is 2. The second-order valence-electron chi connectivity index (χ2n) is 5.60. The summed E-state index contributed by atoms with van der Waals surface area (Å²) in [6, 6.07) is 15.5. The number of halogens is 1. The van der Waals surface area contributed by atoms with Gasteiger partial charge < -0.3 is 14.6 Å². The highest BCUT2D eigenvalue weighted by Gasteiger charge is 2.09. The molecule has 0 spiro atoms. The quantitative estimate of drug-likeness (QED) is 0.672. The maximum Gasteiger partial charge on any atom is 0.246 e. The van der Waals surface area contributed by atoms with Crippen LogP contribution in [0.2, 0.25) is 0 Å². The SMILES string of the molecule is O=C(COCc1ccccc1)NCCc1nc(-c2ccc(F)cc2)no1. The fourth-order valence-corrected chi connectivity index (χ4v) is 2.27. The van der Waals surface area contributed by atoms with E-state index >= 15 is 0 Å². The van der Waals surface area contributed by atoms with E-state index in [0.29, 0.717) is 36.9 Å². The molecule has 1 aromatic heterocycles. The molecule has 7 heteroatoms. The van der Waals surface area contributed by atoms with Crippen LogP contribution in [0.1, 0.15) is 11.5 Å². The summed E-state index contributed by atoms with van der Waals surface area (Å²) in [4.78, 5) is 16.0. The van der Waals surface area contributed by atoms with Crippen molar-refractivity contribution < 1.29 is 18.4 Å². The van der Waals surface area contributed by atoms with Crippen LogP contribution >= 0.6 is 0 Å². The van der Waals surface area contributed by atoms with E-state index in [1.807, 2.05) is 30.3 Å². The predicted molar refractivity (Wildman–Crippen MR) is 92.5 cm³/mol. The zero-order valence-corrected chi connectivity index (χ0v) is 14.0. The fourth-order valence-electron chi connectivity index (χ4n) is 2.27. The predicted octanol–water partition coefficient (Wildman–Crippen LogP) is 2.75. The van der Waals surface area contributed by atoms with E-state index in [1.54, 1.807) is 12.1 Å². The van der Waals surface area contributed by atoms with E-state index in [4.69, 9.17) is 9.26 Å². The number of nitrogens with zero attached hydrogens (tertiary/aromatic N) is 2. The molecule has 0 unspecified atom stereocenters. The molecular formula is C19H18FN3O3. The van der Waals surface area contributed by atoms with Crippen LogP contribution in [0.5, 0.6) is 0 Å². The molecule has 0 fully saturated rings. The molecule has 0 aliphatic heterocycles. The van der Waals surface area contributed by atoms with Crippen molar-refractivity contribution in [2.24, 2.45) is 0 Å². The Labute approximate surface area is 150 Å². The van der Waals surface area contributed by atoms with Gasteiger partial charge in [-0.05, 0) is 29.8 Å². The van der Waals surface area contributed by atoms with Gasteiger partial charge in [-0.15, -0.1) is 0 Å². The molecule has 3 aromatic rings. The average molecular weight is 355 g/mol. The summed E-state index contributed by atoms with van der Waals surface area (Å²) in [6.45, 7) is 0.733. The minimum atomic E-state index is -0.324. The maximum absolute atomic E-state index is 12.9. The lowest BCUT2D eigenvalue weighted by Crippen LogP contribution is -2.29. The highest BCUT2D eigenvalue weighted by atomic mass is 19.1. The number of amides is 1. The van der Waals surface area contributed by atoms with E-state index in [0.717, 1.165) is 5.56 Å². The first kappa shape index (κ1) is 17.8. The van der Waals surface area contributed by atoms with E-state index in [2.05, 4.69) is 15.5 Å². The number of nitrogens with one attached hydrogen (secondary N) is 1. The zero-order chi connectivity index (χ0) is 18.2. The van der Waals surface area contributed by atoms with E-state index in [-0.39, 0.29) is 18.3 Å². The van der Waals surface area contributed by atoms with Gasteiger partial charge in [-0.2, -0.15) is 4.98 Å². The first-order chi connectivity index (χ1) is 12.7. The van der Waals surface area contributed by atoms with Crippen molar-refractivity contribution >= 4 is 5.91 Å². The Morgan fingerprint density at radius 1 is 1.12 bits per heavy atom. The number of rotatable bonds is 8. The van der Waals surface area contributed by atoms with Gasteiger partial charge in [-0.25, -0.2) is 4.39 Å². The third-order valence-corrected chi connectivity index (χ3v) is 3.58. The molecule has 0 saturated carbocycles. The molecule has 1 amide bonds. The van der Waals surface area contributed by atoms with Crippen molar-refractivity contribution in [2.45, 2.75) is 13.0 Å². The van der Waals surface area contributed by atoms with Crippen LogP contribution in [0.25, 0.3) is 11.4 Å². The minimum Gasteiger partial charge on any atom is -0.367 e. The Bertz CT molecular complexity index is 835. The van der Waals surface area contributed by atoms with Crippen molar-refractivity contribution in [1.29, 1.82) is 0 Å². The molecule has 0 bridgehead atoms.